The molecule has 2 aromatic rings. The molecule has 0 saturated heterocycles. The Balaban J connectivity index is 2.44. The van der Waals surface area contributed by atoms with Gasteiger partial charge in [0.05, 0.1) is 10.5 Å². The highest BCUT2D eigenvalue weighted by Crippen LogP contribution is 2.30. The molecule has 19 heavy (non-hydrogen) atoms. The van der Waals surface area contributed by atoms with Crippen LogP contribution in [0.4, 0.5) is 8.78 Å². The number of aromatic nitrogens is 3. The molecule has 0 saturated carbocycles. The highest BCUT2D eigenvalue weighted by molar-refractivity contribution is 7.99. The summed E-state index contributed by atoms with van der Waals surface area (Å²) in [4.78, 5) is 21.3. The van der Waals surface area contributed by atoms with Crippen LogP contribution in [0.25, 0.3) is 0 Å². The third kappa shape index (κ3) is 2.50. The predicted molar refractivity (Wildman–Crippen MR) is 61.3 cm³/mol. The lowest BCUT2D eigenvalue weighted by Gasteiger charge is -2.05. The third-order valence-corrected chi connectivity index (χ3v) is 3.42. The number of benzene rings is 1. The third-order valence-electron chi connectivity index (χ3n) is 2.28. The monoisotopic (exact) mass is 287 g/mol. The van der Waals surface area contributed by atoms with Crippen molar-refractivity contribution >= 4 is 17.7 Å². The van der Waals surface area contributed by atoms with Crippen LogP contribution in [0.5, 0.6) is 0 Å². The number of halogens is 2. The van der Waals surface area contributed by atoms with E-state index in [2.05, 4.69) is 10.2 Å². The number of carbonyl (C=O) groups is 1. The minimum absolute atomic E-state index is 0.0610. The molecule has 1 heterocycles. The summed E-state index contributed by atoms with van der Waals surface area (Å²) in [6.45, 7) is 0. The number of H-pyrrole nitrogens is 1. The van der Waals surface area contributed by atoms with Crippen molar-refractivity contribution in [3.63, 3.8) is 0 Å². The zero-order valence-electron chi connectivity index (χ0n) is 9.48. The number of hydrogen-bond acceptors (Lipinski definition) is 4. The number of hydrogen-bond donors (Lipinski definition) is 2. The molecule has 6 nitrogen and oxygen atoms in total. The van der Waals surface area contributed by atoms with Crippen molar-refractivity contribution in [3.8, 4) is 0 Å². The Bertz CT molecular complexity index is 687. The van der Waals surface area contributed by atoms with Gasteiger partial charge in [0, 0.05) is 7.05 Å². The zero-order valence-corrected chi connectivity index (χ0v) is 10.3. The normalized spacial score (nSPS) is 10.7. The molecule has 0 bridgehead atoms. The van der Waals surface area contributed by atoms with E-state index in [-0.39, 0.29) is 5.16 Å². The van der Waals surface area contributed by atoms with Crippen molar-refractivity contribution in [2.75, 3.05) is 0 Å². The summed E-state index contributed by atoms with van der Waals surface area (Å²) in [7, 11) is 1.38. The van der Waals surface area contributed by atoms with Crippen LogP contribution >= 0.6 is 11.8 Å². The number of rotatable bonds is 3. The van der Waals surface area contributed by atoms with Crippen molar-refractivity contribution in [3.05, 3.63) is 39.8 Å². The lowest BCUT2D eigenvalue weighted by Crippen LogP contribution is -2.13. The fourth-order valence-corrected chi connectivity index (χ4v) is 2.10. The first-order valence-electron chi connectivity index (χ1n) is 4.91. The van der Waals surface area contributed by atoms with Crippen molar-refractivity contribution in [2.24, 2.45) is 7.05 Å². The molecule has 0 radical (unpaired) electrons. The van der Waals surface area contributed by atoms with Crippen LogP contribution in [-0.2, 0) is 7.05 Å². The van der Waals surface area contributed by atoms with E-state index >= 15 is 0 Å². The van der Waals surface area contributed by atoms with E-state index < -0.39 is 33.8 Å². The van der Waals surface area contributed by atoms with E-state index in [4.69, 9.17) is 5.11 Å². The Morgan fingerprint density at radius 2 is 2.00 bits per heavy atom. The summed E-state index contributed by atoms with van der Waals surface area (Å²) in [6, 6.07) is 1.41. The molecule has 0 spiro atoms. The number of aromatic amines is 1. The number of nitrogens with one attached hydrogen (secondary N) is 1. The molecular formula is C10H7F2N3O3S. The number of aromatic carboxylic acids is 1. The first kappa shape index (κ1) is 13.3. The van der Waals surface area contributed by atoms with Crippen LogP contribution in [0.3, 0.4) is 0 Å². The second-order valence-electron chi connectivity index (χ2n) is 3.55. The van der Waals surface area contributed by atoms with E-state index in [1.54, 1.807) is 0 Å². The minimum atomic E-state index is -1.43. The highest BCUT2D eigenvalue weighted by atomic mass is 32.2. The van der Waals surface area contributed by atoms with Gasteiger partial charge in [-0.2, -0.15) is 0 Å². The lowest BCUT2D eigenvalue weighted by molar-refractivity contribution is 0.0695. The van der Waals surface area contributed by atoms with Gasteiger partial charge >= 0.3 is 11.7 Å². The maximum atomic E-state index is 13.6. The number of carboxylic acids is 1. The fourth-order valence-electron chi connectivity index (χ4n) is 1.30. The average Bonchev–Trinajstić information content (AvgIpc) is 2.65. The largest absolute Gasteiger partial charge is 0.478 e. The molecular weight excluding hydrogens is 280 g/mol. The van der Waals surface area contributed by atoms with Crippen LogP contribution < -0.4 is 5.69 Å². The van der Waals surface area contributed by atoms with E-state index in [9.17, 15) is 18.4 Å². The molecule has 0 aliphatic heterocycles. The molecule has 0 amide bonds. The smallest absolute Gasteiger partial charge is 0.343 e. The molecule has 0 aliphatic carbocycles. The summed E-state index contributed by atoms with van der Waals surface area (Å²) in [6.07, 6.45) is 0. The Kier molecular flexibility index (Phi) is 3.38. The van der Waals surface area contributed by atoms with Gasteiger partial charge < -0.3 is 5.11 Å². The van der Waals surface area contributed by atoms with Crippen molar-refractivity contribution in [1.82, 2.24) is 14.8 Å². The van der Waals surface area contributed by atoms with Crippen LogP contribution in [0.15, 0.2) is 27.0 Å². The van der Waals surface area contributed by atoms with E-state index in [0.29, 0.717) is 23.9 Å². The Morgan fingerprint density at radius 3 is 2.42 bits per heavy atom. The topological polar surface area (TPSA) is 88.0 Å². The van der Waals surface area contributed by atoms with Crippen molar-refractivity contribution in [1.29, 1.82) is 0 Å². The molecule has 0 atom stereocenters. The van der Waals surface area contributed by atoms with Crippen LogP contribution in [0.2, 0.25) is 0 Å². The van der Waals surface area contributed by atoms with Crippen LogP contribution in [0, 0.1) is 11.6 Å². The maximum Gasteiger partial charge on any atom is 0.343 e. The summed E-state index contributed by atoms with van der Waals surface area (Å²) < 4.78 is 28.4. The molecule has 100 valence electrons. The van der Waals surface area contributed by atoms with E-state index in [0.717, 1.165) is 4.57 Å². The zero-order chi connectivity index (χ0) is 14.2. The first-order valence-corrected chi connectivity index (χ1v) is 5.73. The van der Waals surface area contributed by atoms with Gasteiger partial charge in [0.2, 0.25) is 0 Å². The fraction of sp³-hybridized carbons (Fsp3) is 0.100. The van der Waals surface area contributed by atoms with E-state index in [1.165, 1.54) is 7.05 Å². The predicted octanol–water partition coefficient (Wildman–Crippen LogP) is 1.24. The van der Waals surface area contributed by atoms with Crippen LogP contribution in [-0.4, -0.2) is 25.8 Å². The number of nitrogens with zero attached hydrogens (tertiary/aromatic N) is 2. The molecule has 2 N–H and O–H groups in total. The van der Waals surface area contributed by atoms with Gasteiger partial charge in [-0.25, -0.2) is 23.5 Å². The van der Waals surface area contributed by atoms with Gasteiger partial charge in [-0.1, -0.05) is 0 Å². The second kappa shape index (κ2) is 4.84. The molecule has 1 aromatic heterocycles. The van der Waals surface area contributed by atoms with Gasteiger partial charge in [-0.3, -0.25) is 4.57 Å². The standard InChI is InChI=1S/C10H7F2N3O3S/c1-15-9(18)13-14-10(15)19-7-5(11)2-4(8(16)17)3-6(7)12/h2-3H,1H3,(H,13,18)(H,16,17). The van der Waals surface area contributed by atoms with Gasteiger partial charge in [0.25, 0.3) is 0 Å². The number of carboxylic acid groups (broad SMARTS) is 1. The second-order valence-corrected chi connectivity index (χ2v) is 4.52. The molecule has 0 fully saturated rings. The van der Waals surface area contributed by atoms with Gasteiger partial charge in [-0.05, 0) is 23.9 Å². The Labute approximate surface area is 109 Å². The summed E-state index contributed by atoms with van der Waals surface area (Å²) in [5, 5.41) is 14.4. The maximum absolute atomic E-state index is 13.6. The van der Waals surface area contributed by atoms with Gasteiger partial charge in [0.1, 0.15) is 11.6 Å². The van der Waals surface area contributed by atoms with Crippen LogP contribution in [0.1, 0.15) is 10.4 Å². The average molecular weight is 287 g/mol. The molecule has 0 unspecified atom stereocenters. The van der Waals surface area contributed by atoms with Crippen molar-refractivity contribution in [2.45, 2.75) is 10.1 Å². The van der Waals surface area contributed by atoms with Gasteiger partial charge in [-0.15, -0.1) is 5.10 Å². The highest BCUT2D eigenvalue weighted by Gasteiger charge is 2.18. The molecule has 1 aromatic carbocycles. The summed E-state index contributed by atoms with van der Waals surface area (Å²) in [5.41, 5.74) is -1.01. The molecule has 9 heteroatoms. The molecule has 2 rings (SSSR count). The van der Waals surface area contributed by atoms with Gasteiger partial charge in [0.15, 0.2) is 5.16 Å². The quantitative estimate of drug-likeness (QED) is 0.886. The summed E-state index contributed by atoms with van der Waals surface area (Å²) >= 11 is 0.586. The van der Waals surface area contributed by atoms with E-state index in [1.807, 2.05) is 0 Å². The molecule has 0 aliphatic rings. The minimum Gasteiger partial charge on any atom is -0.478 e. The summed E-state index contributed by atoms with van der Waals surface area (Å²) in [5.74, 6) is -3.49. The lowest BCUT2D eigenvalue weighted by atomic mass is 10.2. The van der Waals surface area contributed by atoms with Crippen molar-refractivity contribution < 1.29 is 18.7 Å². The SMILES string of the molecule is Cn1c(Sc2c(F)cc(C(=O)O)cc2F)n[nH]c1=O. The Morgan fingerprint density at radius 1 is 1.42 bits per heavy atom. The first-order chi connectivity index (χ1) is 8.90. The Hall–Kier alpha value is -2.16.